The highest BCUT2D eigenvalue weighted by Gasteiger charge is 2.14. The zero-order chi connectivity index (χ0) is 13.9. The number of amides is 1. The molecule has 0 saturated heterocycles. The van der Waals surface area contributed by atoms with E-state index in [-0.39, 0.29) is 5.91 Å². The summed E-state index contributed by atoms with van der Waals surface area (Å²) in [7, 11) is 3.82. The van der Waals surface area contributed by atoms with Gasteiger partial charge in [0.05, 0.1) is 5.69 Å². The second-order valence-corrected chi connectivity index (χ2v) is 5.44. The van der Waals surface area contributed by atoms with E-state index in [9.17, 15) is 4.79 Å². The number of carbonyl (C=O) groups is 1. The standard InChI is InChI=1S/C14H25N3O/c1-10(2)9-16(5)14(18)8-7-13-11(3)15-17(6)12(13)4/h10H,7-9H2,1-6H3. The summed E-state index contributed by atoms with van der Waals surface area (Å²) in [6.45, 7) is 9.13. The van der Waals surface area contributed by atoms with E-state index >= 15 is 0 Å². The monoisotopic (exact) mass is 251 g/mol. The fourth-order valence-corrected chi connectivity index (χ4v) is 2.25. The van der Waals surface area contributed by atoms with Gasteiger partial charge in [-0.2, -0.15) is 5.10 Å². The molecular weight excluding hydrogens is 226 g/mol. The summed E-state index contributed by atoms with van der Waals surface area (Å²) in [5.41, 5.74) is 3.41. The predicted octanol–water partition coefficient (Wildman–Crippen LogP) is 2.08. The van der Waals surface area contributed by atoms with Crippen LogP contribution in [0, 0.1) is 19.8 Å². The smallest absolute Gasteiger partial charge is 0.222 e. The highest BCUT2D eigenvalue weighted by atomic mass is 16.2. The summed E-state index contributed by atoms with van der Waals surface area (Å²) in [6, 6.07) is 0. The molecule has 102 valence electrons. The molecule has 4 nitrogen and oxygen atoms in total. The van der Waals surface area contributed by atoms with Crippen LogP contribution < -0.4 is 0 Å². The van der Waals surface area contributed by atoms with Gasteiger partial charge in [-0.3, -0.25) is 9.48 Å². The van der Waals surface area contributed by atoms with Gasteiger partial charge < -0.3 is 4.90 Å². The Labute approximate surface area is 110 Å². The molecule has 0 N–H and O–H groups in total. The molecule has 0 aliphatic carbocycles. The number of hydrogen-bond acceptors (Lipinski definition) is 2. The number of rotatable bonds is 5. The van der Waals surface area contributed by atoms with Gasteiger partial charge in [0.1, 0.15) is 0 Å². The number of hydrogen-bond donors (Lipinski definition) is 0. The minimum atomic E-state index is 0.214. The summed E-state index contributed by atoms with van der Waals surface area (Å²) < 4.78 is 1.88. The Balaban J connectivity index is 2.57. The Morgan fingerprint density at radius 2 is 2.00 bits per heavy atom. The predicted molar refractivity (Wildman–Crippen MR) is 73.5 cm³/mol. The molecule has 0 saturated carbocycles. The molecule has 0 aromatic carbocycles. The quantitative estimate of drug-likeness (QED) is 0.803. The van der Waals surface area contributed by atoms with Crippen LogP contribution in [-0.2, 0) is 18.3 Å². The van der Waals surface area contributed by atoms with Crippen molar-refractivity contribution in [3.63, 3.8) is 0 Å². The van der Waals surface area contributed by atoms with Crippen LogP contribution in [0.4, 0.5) is 0 Å². The molecule has 18 heavy (non-hydrogen) atoms. The molecule has 1 aromatic rings. The number of nitrogens with zero attached hydrogens (tertiary/aromatic N) is 3. The van der Waals surface area contributed by atoms with Gasteiger partial charge in [-0.05, 0) is 31.7 Å². The van der Waals surface area contributed by atoms with Crippen LogP contribution in [0.3, 0.4) is 0 Å². The molecule has 1 aromatic heterocycles. The van der Waals surface area contributed by atoms with E-state index < -0.39 is 0 Å². The topological polar surface area (TPSA) is 38.1 Å². The Kier molecular flexibility index (Phi) is 4.93. The van der Waals surface area contributed by atoms with Crippen LogP contribution in [0.25, 0.3) is 0 Å². The molecule has 0 bridgehead atoms. The molecule has 1 amide bonds. The molecule has 0 aliphatic rings. The molecule has 0 unspecified atom stereocenters. The minimum absolute atomic E-state index is 0.214. The number of aryl methyl sites for hydroxylation is 2. The van der Waals surface area contributed by atoms with Crippen molar-refractivity contribution in [3.8, 4) is 0 Å². The molecule has 0 aliphatic heterocycles. The van der Waals surface area contributed by atoms with Gasteiger partial charge in [-0.25, -0.2) is 0 Å². The lowest BCUT2D eigenvalue weighted by atomic mass is 10.1. The summed E-state index contributed by atoms with van der Waals surface area (Å²) in [6.07, 6.45) is 1.35. The number of carbonyl (C=O) groups excluding carboxylic acids is 1. The largest absolute Gasteiger partial charge is 0.345 e. The first kappa shape index (κ1) is 14.7. The van der Waals surface area contributed by atoms with Crippen LogP contribution in [-0.4, -0.2) is 34.2 Å². The van der Waals surface area contributed by atoms with Gasteiger partial charge in [0.15, 0.2) is 0 Å². The van der Waals surface area contributed by atoms with Gasteiger partial charge in [0.2, 0.25) is 5.91 Å². The molecule has 0 radical (unpaired) electrons. The van der Waals surface area contributed by atoms with Crippen LogP contribution in [0.1, 0.15) is 37.2 Å². The van der Waals surface area contributed by atoms with Crippen molar-refractivity contribution in [3.05, 3.63) is 17.0 Å². The van der Waals surface area contributed by atoms with Gasteiger partial charge >= 0.3 is 0 Å². The van der Waals surface area contributed by atoms with Crippen molar-refractivity contribution in [1.29, 1.82) is 0 Å². The Hall–Kier alpha value is -1.32. The maximum absolute atomic E-state index is 12.0. The number of aromatic nitrogens is 2. The van der Waals surface area contributed by atoms with Crippen LogP contribution in [0.5, 0.6) is 0 Å². The normalized spacial score (nSPS) is 11.1. The van der Waals surface area contributed by atoms with Crippen molar-refractivity contribution in [2.45, 2.75) is 40.5 Å². The molecule has 0 atom stereocenters. The minimum Gasteiger partial charge on any atom is -0.345 e. The average molecular weight is 251 g/mol. The van der Waals surface area contributed by atoms with Crippen molar-refractivity contribution in [2.75, 3.05) is 13.6 Å². The van der Waals surface area contributed by atoms with Crippen molar-refractivity contribution in [2.24, 2.45) is 13.0 Å². The molecule has 4 heteroatoms. The van der Waals surface area contributed by atoms with Crippen LogP contribution >= 0.6 is 0 Å². The van der Waals surface area contributed by atoms with E-state index in [1.807, 2.05) is 30.6 Å². The molecule has 0 spiro atoms. The molecule has 1 rings (SSSR count). The van der Waals surface area contributed by atoms with E-state index in [2.05, 4.69) is 25.9 Å². The van der Waals surface area contributed by atoms with E-state index in [1.165, 1.54) is 5.56 Å². The van der Waals surface area contributed by atoms with Gasteiger partial charge in [-0.1, -0.05) is 13.8 Å². The lowest BCUT2D eigenvalue weighted by Crippen LogP contribution is -2.30. The van der Waals surface area contributed by atoms with E-state index in [0.717, 1.165) is 24.4 Å². The summed E-state index contributed by atoms with van der Waals surface area (Å²) in [4.78, 5) is 13.8. The second-order valence-electron chi connectivity index (χ2n) is 5.44. The fraction of sp³-hybridized carbons (Fsp3) is 0.714. The first-order valence-corrected chi connectivity index (χ1v) is 6.56. The summed E-state index contributed by atoms with van der Waals surface area (Å²) in [5, 5.41) is 4.37. The zero-order valence-corrected chi connectivity index (χ0v) is 12.4. The highest BCUT2D eigenvalue weighted by Crippen LogP contribution is 2.14. The lowest BCUT2D eigenvalue weighted by molar-refractivity contribution is -0.130. The average Bonchev–Trinajstić information content (AvgIpc) is 2.49. The first-order chi connectivity index (χ1) is 8.32. The van der Waals surface area contributed by atoms with Gasteiger partial charge in [-0.15, -0.1) is 0 Å². The first-order valence-electron chi connectivity index (χ1n) is 6.56. The van der Waals surface area contributed by atoms with Crippen molar-refractivity contribution < 1.29 is 4.79 Å². The maximum atomic E-state index is 12.0. The summed E-state index contributed by atoms with van der Waals surface area (Å²) >= 11 is 0. The Bertz CT molecular complexity index is 421. The Morgan fingerprint density at radius 3 is 2.44 bits per heavy atom. The third-order valence-electron chi connectivity index (χ3n) is 3.31. The molecular formula is C14H25N3O. The van der Waals surface area contributed by atoms with Gasteiger partial charge in [0, 0.05) is 32.8 Å². The SMILES string of the molecule is Cc1nn(C)c(C)c1CCC(=O)N(C)CC(C)C. The zero-order valence-electron chi connectivity index (χ0n) is 12.4. The second kappa shape index (κ2) is 6.03. The van der Waals surface area contributed by atoms with E-state index in [0.29, 0.717) is 12.3 Å². The van der Waals surface area contributed by atoms with Crippen molar-refractivity contribution >= 4 is 5.91 Å². The third kappa shape index (κ3) is 3.59. The van der Waals surface area contributed by atoms with E-state index in [1.54, 1.807) is 0 Å². The van der Waals surface area contributed by atoms with Gasteiger partial charge in [0.25, 0.3) is 0 Å². The highest BCUT2D eigenvalue weighted by molar-refractivity contribution is 5.76. The summed E-state index contributed by atoms with van der Waals surface area (Å²) in [5.74, 6) is 0.729. The molecule has 1 heterocycles. The van der Waals surface area contributed by atoms with Crippen LogP contribution in [0.15, 0.2) is 0 Å². The maximum Gasteiger partial charge on any atom is 0.222 e. The van der Waals surface area contributed by atoms with Crippen LogP contribution in [0.2, 0.25) is 0 Å². The third-order valence-corrected chi connectivity index (χ3v) is 3.31. The fourth-order valence-electron chi connectivity index (χ4n) is 2.25. The Morgan fingerprint density at radius 1 is 1.39 bits per heavy atom. The lowest BCUT2D eigenvalue weighted by Gasteiger charge is -2.19. The molecule has 0 fully saturated rings. The van der Waals surface area contributed by atoms with Crippen molar-refractivity contribution in [1.82, 2.24) is 14.7 Å². The van der Waals surface area contributed by atoms with E-state index in [4.69, 9.17) is 0 Å².